The minimum absolute atomic E-state index is 0.0540. The molecule has 0 saturated carbocycles. The van der Waals surface area contributed by atoms with Gasteiger partial charge in [0, 0.05) is 12.6 Å². The number of fused-ring (bicyclic) bond motifs is 1. The fourth-order valence-electron chi connectivity index (χ4n) is 3.56. The number of sulfonamides is 2. The molecule has 3 aromatic rings. The third-order valence-corrected chi connectivity index (χ3v) is 8.30. The number of ether oxygens (including phenoxy) is 1. The number of anilines is 2. The summed E-state index contributed by atoms with van der Waals surface area (Å²) in [6.07, 6.45) is 1.41. The zero-order chi connectivity index (χ0) is 22.1. The highest BCUT2D eigenvalue weighted by Crippen LogP contribution is 2.34. The Hall–Kier alpha value is -3.04. The van der Waals surface area contributed by atoms with Crippen LogP contribution in [0.5, 0.6) is 5.75 Å². The van der Waals surface area contributed by atoms with Gasteiger partial charge in [-0.25, -0.2) is 16.8 Å². The molecule has 0 fully saturated rings. The smallest absolute Gasteiger partial charge is 0.264 e. The number of nitrogens with zero attached hydrogens (tertiary/aromatic N) is 1. The molecule has 1 aliphatic rings. The molecule has 0 radical (unpaired) electrons. The summed E-state index contributed by atoms with van der Waals surface area (Å²) >= 11 is 0. The Balaban J connectivity index is 1.70. The standard InChI is InChI=1S/C22H22N2O5S2/c1-29-19-8-5-11-21(16-19)30(25,26)23-18-13-12-17-7-6-14-24(22(17)15-18)31(27,28)20-9-3-2-4-10-20/h2-5,8-13,15-16,23H,6-7,14H2,1H3. The van der Waals surface area contributed by atoms with E-state index in [-0.39, 0.29) is 15.5 Å². The molecule has 0 saturated heterocycles. The van der Waals surface area contributed by atoms with E-state index < -0.39 is 20.0 Å². The van der Waals surface area contributed by atoms with E-state index in [4.69, 9.17) is 4.74 Å². The predicted molar refractivity (Wildman–Crippen MR) is 120 cm³/mol. The summed E-state index contributed by atoms with van der Waals surface area (Å²) in [6.45, 7) is 0.330. The summed E-state index contributed by atoms with van der Waals surface area (Å²) < 4.78 is 61.1. The fourth-order valence-corrected chi connectivity index (χ4v) is 6.19. The molecule has 4 rings (SSSR count). The van der Waals surface area contributed by atoms with Crippen LogP contribution in [0.2, 0.25) is 0 Å². The van der Waals surface area contributed by atoms with Crippen molar-refractivity contribution in [1.29, 1.82) is 0 Å². The Morgan fingerprint density at radius 2 is 1.61 bits per heavy atom. The Bertz CT molecular complexity index is 1310. The number of hydrogen-bond acceptors (Lipinski definition) is 5. The normalized spacial score (nSPS) is 14.0. The molecule has 1 N–H and O–H groups in total. The van der Waals surface area contributed by atoms with Gasteiger partial charge in [0.25, 0.3) is 20.0 Å². The van der Waals surface area contributed by atoms with Crippen molar-refractivity contribution in [2.75, 3.05) is 22.7 Å². The van der Waals surface area contributed by atoms with E-state index in [0.717, 1.165) is 12.0 Å². The van der Waals surface area contributed by atoms with Gasteiger partial charge >= 0.3 is 0 Å². The maximum Gasteiger partial charge on any atom is 0.264 e. The average molecular weight is 459 g/mol. The van der Waals surface area contributed by atoms with Gasteiger partial charge in [0.2, 0.25) is 0 Å². The molecule has 0 bridgehead atoms. The zero-order valence-corrected chi connectivity index (χ0v) is 18.5. The lowest BCUT2D eigenvalue weighted by Gasteiger charge is -2.31. The van der Waals surface area contributed by atoms with E-state index in [1.54, 1.807) is 60.7 Å². The Labute approximate surface area is 182 Å². The number of aryl methyl sites for hydroxylation is 1. The highest BCUT2D eigenvalue weighted by Gasteiger charge is 2.29. The second-order valence-electron chi connectivity index (χ2n) is 7.12. The molecular weight excluding hydrogens is 436 g/mol. The van der Waals surface area contributed by atoms with Gasteiger partial charge in [0.05, 0.1) is 28.3 Å². The van der Waals surface area contributed by atoms with Crippen LogP contribution in [-0.2, 0) is 26.5 Å². The van der Waals surface area contributed by atoms with E-state index in [2.05, 4.69) is 4.72 Å². The summed E-state index contributed by atoms with van der Waals surface area (Å²) in [4.78, 5) is 0.253. The number of nitrogens with one attached hydrogen (secondary N) is 1. The fraction of sp³-hybridized carbons (Fsp3) is 0.182. The molecule has 1 aliphatic heterocycles. The summed E-state index contributed by atoms with van der Waals surface area (Å²) in [5, 5.41) is 0. The number of benzene rings is 3. The molecule has 3 aromatic carbocycles. The van der Waals surface area contributed by atoms with Crippen LogP contribution in [-0.4, -0.2) is 30.5 Å². The molecule has 0 aliphatic carbocycles. The highest BCUT2D eigenvalue weighted by atomic mass is 32.2. The first-order valence-electron chi connectivity index (χ1n) is 9.69. The van der Waals surface area contributed by atoms with Gasteiger partial charge < -0.3 is 4.74 Å². The molecule has 0 unspecified atom stereocenters. The van der Waals surface area contributed by atoms with Crippen molar-refractivity contribution in [2.24, 2.45) is 0 Å². The van der Waals surface area contributed by atoms with Gasteiger partial charge in [-0.2, -0.15) is 0 Å². The van der Waals surface area contributed by atoms with Crippen LogP contribution < -0.4 is 13.8 Å². The lowest BCUT2D eigenvalue weighted by Crippen LogP contribution is -2.35. The van der Waals surface area contributed by atoms with Gasteiger partial charge in [-0.3, -0.25) is 9.03 Å². The molecular formula is C22H22N2O5S2. The van der Waals surface area contributed by atoms with Gasteiger partial charge in [0.15, 0.2) is 0 Å². The van der Waals surface area contributed by atoms with Gasteiger partial charge in [0.1, 0.15) is 5.75 Å². The van der Waals surface area contributed by atoms with E-state index >= 15 is 0 Å². The third kappa shape index (κ3) is 4.24. The van der Waals surface area contributed by atoms with Crippen LogP contribution in [0, 0.1) is 0 Å². The van der Waals surface area contributed by atoms with E-state index in [9.17, 15) is 16.8 Å². The molecule has 9 heteroatoms. The van der Waals surface area contributed by atoms with Crippen molar-refractivity contribution in [3.63, 3.8) is 0 Å². The van der Waals surface area contributed by atoms with E-state index in [1.807, 2.05) is 0 Å². The first-order valence-corrected chi connectivity index (χ1v) is 12.6. The van der Waals surface area contributed by atoms with Crippen LogP contribution in [0.1, 0.15) is 12.0 Å². The van der Waals surface area contributed by atoms with Crippen LogP contribution in [0.3, 0.4) is 0 Å². The largest absolute Gasteiger partial charge is 0.497 e. The maximum atomic E-state index is 13.2. The lowest BCUT2D eigenvalue weighted by atomic mass is 10.0. The van der Waals surface area contributed by atoms with Crippen LogP contribution in [0.25, 0.3) is 0 Å². The average Bonchev–Trinajstić information content (AvgIpc) is 2.79. The molecule has 31 heavy (non-hydrogen) atoms. The first-order chi connectivity index (χ1) is 14.8. The minimum Gasteiger partial charge on any atom is -0.497 e. The highest BCUT2D eigenvalue weighted by molar-refractivity contribution is 7.93. The maximum absolute atomic E-state index is 13.2. The number of methoxy groups -OCH3 is 1. The van der Waals surface area contributed by atoms with Gasteiger partial charge in [-0.1, -0.05) is 30.3 Å². The quantitative estimate of drug-likeness (QED) is 0.609. The van der Waals surface area contributed by atoms with Crippen molar-refractivity contribution in [1.82, 2.24) is 0 Å². The van der Waals surface area contributed by atoms with Crippen LogP contribution in [0.4, 0.5) is 11.4 Å². The van der Waals surface area contributed by atoms with Crippen molar-refractivity contribution < 1.29 is 21.6 Å². The van der Waals surface area contributed by atoms with Gasteiger partial charge in [-0.15, -0.1) is 0 Å². The van der Waals surface area contributed by atoms with Crippen molar-refractivity contribution in [3.05, 3.63) is 78.4 Å². The number of rotatable bonds is 6. The zero-order valence-electron chi connectivity index (χ0n) is 16.9. The Morgan fingerprint density at radius 1 is 0.871 bits per heavy atom. The molecule has 162 valence electrons. The van der Waals surface area contributed by atoms with Crippen LogP contribution >= 0.6 is 0 Å². The van der Waals surface area contributed by atoms with Crippen molar-refractivity contribution >= 4 is 31.4 Å². The molecule has 1 heterocycles. The Morgan fingerprint density at radius 3 is 2.35 bits per heavy atom. The molecule has 0 aromatic heterocycles. The summed E-state index contributed by atoms with van der Waals surface area (Å²) in [5.41, 5.74) is 1.63. The molecule has 0 atom stereocenters. The summed E-state index contributed by atoms with van der Waals surface area (Å²) in [7, 11) is -6.17. The third-order valence-electron chi connectivity index (χ3n) is 5.10. The topological polar surface area (TPSA) is 92.8 Å². The molecule has 7 nitrogen and oxygen atoms in total. The van der Waals surface area contributed by atoms with Crippen molar-refractivity contribution in [3.8, 4) is 5.75 Å². The Kier molecular flexibility index (Phi) is 5.63. The second kappa shape index (κ2) is 8.24. The predicted octanol–water partition coefficient (Wildman–Crippen LogP) is 3.64. The van der Waals surface area contributed by atoms with Crippen LogP contribution in [0.15, 0.2) is 82.6 Å². The second-order valence-corrected chi connectivity index (χ2v) is 10.7. The van der Waals surface area contributed by atoms with Crippen molar-refractivity contribution in [2.45, 2.75) is 22.6 Å². The number of hydrogen-bond donors (Lipinski definition) is 1. The van der Waals surface area contributed by atoms with E-state index in [0.29, 0.717) is 24.4 Å². The molecule has 0 amide bonds. The monoisotopic (exact) mass is 458 g/mol. The summed E-state index contributed by atoms with van der Waals surface area (Å²) in [6, 6.07) is 19.4. The molecule has 0 spiro atoms. The van der Waals surface area contributed by atoms with E-state index in [1.165, 1.54) is 23.5 Å². The van der Waals surface area contributed by atoms with Gasteiger partial charge in [-0.05, 0) is 54.8 Å². The first kappa shape index (κ1) is 21.2. The summed E-state index contributed by atoms with van der Waals surface area (Å²) in [5.74, 6) is 0.424. The SMILES string of the molecule is COc1cccc(S(=O)(=O)Nc2ccc3c(c2)N(S(=O)(=O)c2ccccc2)CCC3)c1. The minimum atomic E-state index is -3.88. The lowest BCUT2D eigenvalue weighted by molar-refractivity contribution is 0.413.